The Morgan fingerprint density at radius 3 is 2.52 bits per heavy atom. The zero-order chi connectivity index (χ0) is 16.4. The fourth-order valence-corrected chi connectivity index (χ4v) is 2.40. The summed E-state index contributed by atoms with van der Waals surface area (Å²) in [7, 11) is 0. The van der Waals surface area contributed by atoms with Crippen molar-refractivity contribution < 1.29 is 9.90 Å². The van der Waals surface area contributed by atoms with E-state index in [1.54, 1.807) is 4.52 Å². The lowest BCUT2D eigenvalue weighted by molar-refractivity contribution is -0.137. The van der Waals surface area contributed by atoms with Crippen molar-refractivity contribution in [2.24, 2.45) is 0 Å². The fraction of sp³-hybridized carbons (Fsp3) is 0.294. The van der Waals surface area contributed by atoms with Crippen LogP contribution in [0.5, 0.6) is 0 Å². The third-order valence-corrected chi connectivity index (χ3v) is 3.76. The maximum Gasteiger partial charge on any atom is 0.303 e. The average Bonchev–Trinajstić information content (AvgIpc) is 2.95. The van der Waals surface area contributed by atoms with Crippen LogP contribution < -0.4 is 0 Å². The molecule has 0 atom stereocenters. The first kappa shape index (κ1) is 15.1. The van der Waals surface area contributed by atoms with Crippen LogP contribution in [0.4, 0.5) is 0 Å². The van der Waals surface area contributed by atoms with Gasteiger partial charge in [-0.1, -0.05) is 38.1 Å². The normalized spacial score (nSPS) is 11.3. The third kappa shape index (κ3) is 3.21. The van der Waals surface area contributed by atoms with Crippen molar-refractivity contribution in [3.05, 3.63) is 47.8 Å². The highest BCUT2D eigenvalue weighted by molar-refractivity contribution is 5.67. The lowest BCUT2D eigenvalue weighted by atomic mass is 10.0. The monoisotopic (exact) mass is 310 g/mol. The number of aliphatic carboxylic acids is 1. The fourth-order valence-electron chi connectivity index (χ4n) is 2.40. The van der Waals surface area contributed by atoms with Gasteiger partial charge < -0.3 is 5.11 Å². The molecule has 1 aromatic carbocycles. The first-order valence-electron chi connectivity index (χ1n) is 7.58. The van der Waals surface area contributed by atoms with E-state index in [4.69, 9.17) is 5.11 Å². The van der Waals surface area contributed by atoms with Crippen LogP contribution in [0, 0.1) is 0 Å². The van der Waals surface area contributed by atoms with E-state index in [9.17, 15) is 4.79 Å². The summed E-state index contributed by atoms with van der Waals surface area (Å²) in [6, 6.07) is 12.0. The first-order chi connectivity index (χ1) is 11.0. The minimum absolute atomic E-state index is 0.00971. The van der Waals surface area contributed by atoms with Crippen LogP contribution in [0.15, 0.2) is 36.4 Å². The quantitative estimate of drug-likeness (QED) is 0.783. The SMILES string of the molecule is CC(C)c1ccc(-c2ccc3nnc(CCC(=O)O)n3n2)cc1. The molecule has 23 heavy (non-hydrogen) atoms. The predicted molar refractivity (Wildman–Crippen MR) is 86.3 cm³/mol. The second-order valence-electron chi connectivity index (χ2n) is 5.78. The van der Waals surface area contributed by atoms with E-state index in [2.05, 4.69) is 41.3 Å². The summed E-state index contributed by atoms with van der Waals surface area (Å²) in [5.74, 6) is 0.185. The highest BCUT2D eigenvalue weighted by atomic mass is 16.4. The van der Waals surface area contributed by atoms with Crippen LogP contribution in [0.3, 0.4) is 0 Å². The molecule has 0 radical (unpaired) electrons. The summed E-state index contributed by atoms with van der Waals surface area (Å²) in [5, 5.41) is 21.4. The van der Waals surface area contributed by atoms with Crippen molar-refractivity contribution in [1.82, 2.24) is 19.8 Å². The van der Waals surface area contributed by atoms with Crippen LogP contribution >= 0.6 is 0 Å². The Hall–Kier alpha value is -2.76. The number of carbonyl (C=O) groups is 1. The van der Waals surface area contributed by atoms with E-state index in [0.717, 1.165) is 11.3 Å². The van der Waals surface area contributed by atoms with Crippen LogP contribution in [0.25, 0.3) is 16.9 Å². The Morgan fingerprint density at radius 1 is 1.13 bits per heavy atom. The van der Waals surface area contributed by atoms with Gasteiger partial charge in [0.25, 0.3) is 0 Å². The zero-order valence-corrected chi connectivity index (χ0v) is 13.1. The number of fused-ring (bicyclic) bond motifs is 1. The van der Waals surface area contributed by atoms with Crippen molar-refractivity contribution in [1.29, 1.82) is 0 Å². The first-order valence-corrected chi connectivity index (χ1v) is 7.58. The van der Waals surface area contributed by atoms with Gasteiger partial charge in [0.05, 0.1) is 12.1 Å². The Kier molecular flexibility index (Phi) is 4.06. The van der Waals surface area contributed by atoms with Crippen LogP contribution in [0.2, 0.25) is 0 Å². The number of hydrogen-bond donors (Lipinski definition) is 1. The van der Waals surface area contributed by atoms with Crippen LogP contribution in [-0.4, -0.2) is 30.9 Å². The molecule has 1 N–H and O–H groups in total. The lowest BCUT2D eigenvalue weighted by Crippen LogP contribution is -2.04. The van der Waals surface area contributed by atoms with Gasteiger partial charge in [0.1, 0.15) is 0 Å². The van der Waals surface area contributed by atoms with Crippen molar-refractivity contribution in [3.63, 3.8) is 0 Å². The molecule has 0 aliphatic rings. The molecule has 0 bridgehead atoms. The summed E-state index contributed by atoms with van der Waals surface area (Å²) in [5.41, 5.74) is 3.72. The van der Waals surface area contributed by atoms with Crippen molar-refractivity contribution in [3.8, 4) is 11.3 Å². The van der Waals surface area contributed by atoms with E-state index < -0.39 is 5.97 Å². The molecular formula is C17H18N4O2. The molecular weight excluding hydrogens is 292 g/mol. The molecule has 0 aliphatic heterocycles. The minimum atomic E-state index is -0.859. The maximum atomic E-state index is 10.7. The topological polar surface area (TPSA) is 80.4 Å². The summed E-state index contributed by atoms with van der Waals surface area (Å²) in [6.07, 6.45) is 0.315. The van der Waals surface area contributed by atoms with Crippen LogP contribution in [-0.2, 0) is 11.2 Å². The standard InChI is InChI=1S/C17H18N4O2/c1-11(2)12-3-5-13(6-4-12)14-7-8-15-18-19-16(21(15)20-14)9-10-17(22)23/h3-8,11H,9-10H2,1-2H3,(H,22,23). The molecule has 2 aromatic heterocycles. The zero-order valence-electron chi connectivity index (χ0n) is 13.1. The largest absolute Gasteiger partial charge is 0.481 e. The number of aromatic nitrogens is 4. The molecule has 0 unspecified atom stereocenters. The van der Waals surface area contributed by atoms with Crippen LogP contribution in [0.1, 0.15) is 37.6 Å². The molecule has 0 amide bonds. The molecule has 6 heteroatoms. The van der Waals surface area contributed by atoms with Crippen molar-refractivity contribution in [2.45, 2.75) is 32.6 Å². The van der Waals surface area contributed by atoms with Crippen molar-refractivity contribution in [2.75, 3.05) is 0 Å². The Labute approximate surface area is 133 Å². The number of carboxylic acid groups (broad SMARTS) is 1. The number of benzene rings is 1. The second-order valence-corrected chi connectivity index (χ2v) is 5.78. The molecule has 0 saturated carbocycles. The minimum Gasteiger partial charge on any atom is -0.481 e. The van der Waals surface area contributed by atoms with Gasteiger partial charge in [-0.05, 0) is 23.6 Å². The smallest absolute Gasteiger partial charge is 0.303 e. The number of hydrogen-bond acceptors (Lipinski definition) is 4. The summed E-state index contributed by atoms with van der Waals surface area (Å²) >= 11 is 0. The van der Waals surface area contributed by atoms with E-state index in [1.165, 1.54) is 5.56 Å². The van der Waals surface area contributed by atoms with Gasteiger partial charge in [-0.25, -0.2) is 0 Å². The summed E-state index contributed by atoms with van der Waals surface area (Å²) < 4.78 is 1.62. The molecule has 0 spiro atoms. The molecule has 6 nitrogen and oxygen atoms in total. The van der Waals surface area contributed by atoms with E-state index in [-0.39, 0.29) is 6.42 Å². The maximum absolute atomic E-state index is 10.7. The molecule has 0 saturated heterocycles. The predicted octanol–water partition coefficient (Wildman–Crippen LogP) is 2.93. The van der Waals surface area contributed by atoms with E-state index >= 15 is 0 Å². The number of nitrogens with zero attached hydrogens (tertiary/aromatic N) is 4. The molecule has 2 heterocycles. The van der Waals surface area contributed by atoms with Gasteiger partial charge in [-0.15, -0.1) is 10.2 Å². The Balaban J connectivity index is 1.95. The lowest BCUT2D eigenvalue weighted by Gasteiger charge is -2.07. The van der Waals surface area contributed by atoms with E-state index in [0.29, 0.717) is 23.8 Å². The average molecular weight is 310 g/mol. The van der Waals surface area contributed by atoms with Gasteiger partial charge in [0.15, 0.2) is 11.5 Å². The number of aryl methyl sites for hydroxylation is 1. The Morgan fingerprint density at radius 2 is 1.87 bits per heavy atom. The van der Waals surface area contributed by atoms with E-state index in [1.807, 2.05) is 24.3 Å². The van der Waals surface area contributed by atoms with Gasteiger partial charge in [0.2, 0.25) is 0 Å². The van der Waals surface area contributed by atoms with Crippen molar-refractivity contribution >= 4 is 11.6 Å². The summed E-state index contributed by atoms with van der Waals surface area (Å²) in [4.78, 5) is 10.7. The molecule has 3 aromatic rings. The van der Waals surface area contributed by atoms with Gasteiger partial charge in [-0.2, -0.15) is 9.61 Å². The Bertz CT molecular complexity index is 837. The molecule has 3 rings (SSSR count). The summed E-state index contributed by atoms with van der Waals surface area (Å²) in [6.45, 7) is 4.32. The highest BCUT2D eigenvalue weighted by Gasteiger charge is 2.10. The number of carboxylic acids is 1. The third-order valence-electron chi connectivity index (χ3n) is 3.76. The number of rotatable bonds is 5. The van der Waals surface area contributed by atoms with Gasteiger partial charge in [-0.3, -0.25) is 4.79 Å². The molecule has 0 aliphatic carbocycles. The molecule has 118 valence electrons. The van der Waals surface area contributed by atoms with Gasteiger partial charge in [0, 0.05) is 12.0 Å². The second kappa shape index (κ2) is 6.16. The highest BCUT2D eigenvalue weighted by Crippen LogP contribution is 2.21. The van der Waals surface area contributed by atoms with Gasteiger partial charge >= 0.3 is 5.97 Å². The molecule has 0 fully saturated rings.